The van der Waals surface area contributed by atoms with Crippen molar-refractivity contribution in [3.63, 3.8) is 0 Å². The van der Waals surface area contributed by atoms with Gasteiger partial charge in [0.05, 0.1) is 17.1 Å². The molecule has 0 aliphatic carbocycles. The van der Waals surface area contributed by atoms with Gasteiger partial charge in [0.15, 0.2) is 5.76 Å². The Balaban J connectivity index is 1.87. The highest BCUT2D eigenvalue weighted by Gasteiger charge is 2.43. The maximum Gasteiger partial charge on any atom is 0.393 e. The van der Waals surface area contributed by atoms with Gasteiger partial charge in [0.2, 0.25) is 0 Å². The van der Waals surface area contributed by atoms with Crippen LogP contribution in [0.1, 0.15) is 23.2 Å². The lowest BCUT2D eigenvalue weighted by molar-refractivity contribution is -0.184. The van der Waals surface area contributed by atoms with Crippen molar-refractivity contribution in [2.75, 3.05) is 13.1 Å². The molecule has 2 heterocycles. The number of alkyl halides is 3. The summed E-state index contributed by atoms with van der Waals surface area (Å²) >= 11 is 6.10. The molecule has 128 valence electrons. The molecule has 1 aromatic heterocycles. The molecule has 0 N–H and O–H groups in total. The quantitative estimate of drug-likeness (QED) is 0.799. The van der Waals surface area contributed by atoms with Crippen LogP contribution < -0.4 is 0 Å². The molecule has 24 heavy (non-hydrogen) atoms. The van der Waals surface area contributed by atoms with Crippen LogP contribution in [0.25, 0.3) is 11.3 Å². The van der Waals surface area contributed by atoms with Crippen molar-refractivity contribution in [3.05, 3.63) is 41.0 Å². The van der Waals surface area contributed by atoms with Crippen molar-refractivity contribution < 1.29 is 22.5 Å². The lowest BCUT2D eigenvalue weighted by Crippen LogP contribution is -2.44. The number of hydrogen-bond donors (Lipinski definition) is 0. The SMILES string of the molecule is O=C(c1cnoc1-c1ccccc1Cl)N1CCCC(C(F)(F)F)C1. The zero-order chi connectivity index (χ0) is 17.3. The standard InChI is InChI=1S/C16H14ClF3N2O2/c17-13-6-2-1-5-11(13)14-12(8-21-24-14)15(23)22-7-3-4-10(9-22)16(18,19)20/h1-2,5-6,8,10H,3-4,7,9H2. The van der Waals surface area contributed by atoms with E-state index in [9.17, 15) is 18.0 Å². The number of amides is 1. The number of nitrogens with zero attached hydrogens (tertiary/aromatic N) is 2. The average molecular weight is 359 g/mol. The number of hydrogen-bond acceptors (Lipinski definition) is 3. The third kappa shape index (κ3) is 3.26. The monoisotopic (exact) mass is 358 g/mol. The van der Waals surface area contributed by atoms with E-state index in [1.54, 1.807) is 24.3 Å². The first-order chi connectivity index (χ1) is 11.4. The first-order valence-electron chi connectivity index (χ1n) is 7.43. The molecule has 1 atom stereocenters. The number of likely N-dealkylation sites (tertiary alicyclic amines) is 1. The zero-order valence-electron chi connectivity index (χ0n) is 12.5. The van der Waals surface area contributed by atoms with Crippen LogP contribution in [0.4, 0.5) is 13.2 Å². The summed E-state index contributed by atoms with van der Waals surface area (Å²) < 4.78 is 43.9. The Morgan fingerprint density at radius 3 is 2.79 bits per heavy atom. The number of rotatable bonds is 2. The maximum atomic E-state index is 12.9. The van der Waals surface area contributed by atoms with Crippen molar-refractivity contribution in [3.8, 4) is 11.3 Å². The second-order valence-electron chi connectivity index (χ2n) is 5.68. The Morgan fingerprint density at radius 1 is 1.33 bits per heavy atom. The fourth-order valence-corrected chi connectivity index (χ4v) is 3.05. The van der Waals surface area contributed by atoms with Gasteiger partial charge in [-0.05, 0) is 25.0 Å². The van der Waals surface area contributed by atoms with E-state index in [0.29, 0.717) is 17.0 Å². The smallest absolute Gasteiger partial charge is 0.355 e. The molecule has 1 saturated heterocycles. The lowest BCUT2D eigenvalue weighted by Gasteiger charge is -2.33. The predicted octanol–water partition coefficient (Wildman–Crippen LogP) is 4.41. The molecule has 2 aromatic rings. The van der Waals surface area contributed by atoms with E-state index in [2.05, 4.69) is 5.16 Å². The number of carbonyl (C=O) groups is 1. The van der Waals surface area contributed by atoms with Crippen molar-refractivity contribution >= 4 is 17.5 Å². The maximum absolute atomic E-state index is 12.9. The van der Waals surface area contributed by atoms with E-state index in [-0.39, 0.29) is 30.8 Å². The summed E-state index contributed by atoms with van der Waals surface area (Å²) in [6.45, 7) is -0.0754. The molecule has 1 unspecified atom stereocenters. The number of carbonyl (C=O) groups excluding carboxylic acids is 1. The summed E-state index contributed by atoms with van der Waals surface area (Å²) in [6.07, 6.45) is -2.74. The van der Waals surface area contributed by atoms with Crippen molar-refractivity contribution in [1.29, 1.82) is 0 Å². The topological polar surface area (TPSA) is 46.3 Å². The van der Waals surface area contributed by atoms with Gasteiger partial charge in [0.1, 0.15) is 5.56 Å². The van der Waals surface area contributed by atoms with Crippen LogP contribution in [0.5, 0.6) is 0 Å². The Kier molecular flexibility index (Phi) is 4.54. The Bertz CT molecular complexity index is 745. The van der Waals surface area contributed by atoms with E-state index >= 15 is 0 Å². The highest BCUT2D eigenvalue weighted by atomic mass is 35.5. The van der Waals surface area contributed by atoms with Gasteiger partial charge in [0, 0.05) is 18.7 Å². The molecular formula is C16H14ClF3N2O2. The van der Waals surface area contributed by atoms with Crippen LogP contribution in [-0.2, 0) is 0 Å². The van der Waals surface area contributed by atoms with Gasteiger partial charge in [0.25, 0.3) is 5.91 Å². The van der Waals surface area contributed by atoms with Gasteiger partial charge in [-0.2, -0.15) is 13.2 Å². The molecule has 1 aromatic carbocycles. The van der Waals surface area contributed by atoms with Crippen LogP contribution >= 0.6 is 11.6 Å². The van der Waals surface area contributed by atoms with Gasteiger partial charge in [-0.3, -0.25) is 4.79 Å². The van der Waals surface area contributed by atoms with Gasteiger partial charge in [-0.25, -0.2) is 0 Å². The number of aromatic nitrogens is 1. The minimum Gasteiger partial charge on any atom is -0.355 e. The van der Waals surface area contributed by atoms with Crippen molar-refractivity contribution in [2.24, 2.45) is 5.92 Å². The molecule has 0 saturated carbocycles. The molecular weight excluding hydrogens is 345 g/mol. The third-order valence-corrected chi connectivity index (χ3v) is 4.42. The van der Waals surface area contributed by atoms with Crippen LogP contribution in [0.2, 0.25) is 5.02 Å². The van der Waals surface area contributed by atoms with Crippen LogP contribution in [0, 0.1) is 5.92 Å². The van der Waals surface area contributed by atoms with Gasteiger partial charge in [-0.1, -0.05) is 28.9 Å². The van der Waals surface area contributed by atoms with Crippen molar-refractivity contribution in [1.82, 2.24) is 10.1 Å². The van der Waals surface area contributed by atoms with Gasteiger partial charge in [-0.15, -0.1) is 0 Å². The number of piperidine rings is 1. The zero-order valence-corrected chi connectivity index (χ0v) is 13.3. The Hall–Kier alpha value is -2.02. The molecule has 8 heteroatoms. The van der Waals surface area contributed by atoms with Gasteiger partial charge >= 0.3 is 6.18 Å². The molecule has 1 fully saturated rings. The summed E-state index contributed by atoms with van der Waals surface area (Å²) in [5, 5.41) is 3.99. The Labute approximate surface area is 141 Å². The number of benzene rings is 1. The average Bonchev–Trinajstić information content (AvgIpc) is 3.03. The van der Waals surface area contributed by atoms with Crippen molar-refractivity contribution in [2.45, 2.75) is 19.0 Å². The highest BCUT2D eigenvalue weighted by Crippen LogP contribution is 2.35. The summed E-state index contributed by atoms with van der Waals surface area (Å²) in [4.78, 5) is 13.9. The summed E-state index contributed by atoms with van der Waals surface area (Å²) in [7, 11) is 0. The van der Waals surface area contributed by atoms with E-state index in [1.165, 1.54) is 11.1 Å². The van der Waals surface area contributed by atoms with Crippen LogP contribution in [-0.4, -0.2) is 35.2 Å². The van der Waals surface area contributed by atoms with E-state index < -0.39 is 18.0 Å². The first kappa shape index (κ1) is 16.8. The molecule has 0 bridgehead atoms. The summed E-state index contributed by atoms with van der Waals surface area (Å²) in [5.74, 6) is -1.86. The number of halogens is 4. The predicted molar refractivity (Wildman–Crippen MR) is 81.6 cm³/mol. The third-order valence-electron chi connectivity index (χ3n) is 4.09. The molecule has 1 aliphatic rings. The fourth-order valence-electron chi connectivity index (χ4n) is 2.83. The molecule has 1 amide bonds. The van der Waals surface area contributed by atoms with E-state index in [0.717, 1.165) is 0 Å². The fraction of sp³-hybridized carbons (Fsp3) is 0.375. The highest BCUT2D eigenvalue weighted by molar-refractivity contribution is 6.33. The lowest BCUT2D eigenvalue weighted by atomic mass is 9.96. The molecule has 3 rings (SSSR count). The van der Waals surface area contributed by atoms with Gasteiger partial charge < -0.3 is 9.42 Å². The minimum atomic E-state index is -4.31. The second kappa shape index (κ2) is 6.47. The second-order valence-corrected chi connectivity index (χ2v) is 6.09. The summed E-state index contributed by atoms with van der Waals surface area (Å²) in [5.41, 5.74) is 0.593. The van der Waals surface area contributed by atoms with E-state index in [1.807, 2.05) is 0 Å². The first-order valence-corrected chi connectivity index (χ1v) is 7.81. The Morgan fingerprint density at radius 2 is 2.08 bits per heavy atom. The molecule has 0 spiro atoms. The largest absolute Gasteiger partial charge is 0.393 e. The van der Waals surface area contributed by atoms with E-state index in [4.69, 9.17) is 16.1 Å². The van der Waals surface area contributed by atoms with Crippen LogP contribution in [0.3, 0.4) is 0 Å². The normalized spacial score (nSPS) is 18.7. The molecule has 4 nitrogen and oxygen atoms in total. The summed E-state index contributed by atoms with van der Waals surface area (Å²) in [6, 6.07) is 6.74. The molecule has 1 aliphatic heterocycles. The molecule has 0 radical (unpaired) electrons. The minimum absolute atomic E-state index is 0.0360. The van der Waals surface area contributed by atoms with Crippen LogP contribution in [0.15, 0.2) is 35.0 Å².